The number of carbonyl (C=O) groups is 2. The second-order valence-electron chi connectivity index (χ2n) is 6.94. The van der Waals surface area contributed by atoms with Crippen molar-refractivity contribution in [1.29, 1.82) is 0 Å². The van der Waals surface area contributed by atoms with Crippen LogP contribution in [0.2, 0.25) is 0 Å². The average molecular weight is 388 g/mol. The van der Waals surface area contributed by atoms with Crippen molar-refractivity contribution in [3.8, 4) is 0 Å². The first kappa shape index (κ1) is 20.6. The second-order valence-corrected chi connectivity index (χ2v) is 6.94. The Kier molecular flexibility index (Phi) is 6.94. The Morgan fingerprint density at radius 3 is 2.42 bits per heavy atom. The Balaban J connectivity index is 0.00000243. The molecule has 1 aliphatic heterocycles. The molecule has 1 aromatic rings. The zero-order chi connectivity index (χ0) is 18.0. The molecule has 1 aromatic carbocycles. The highest BCUT2D eigenvalue weighted by atomic mass is 35.5. The number of hydrogen-bond acceptors (Lipinski definition) is 3. The van der Waals surface area contributed by atoms with Gasteiger partial charge in [0, 0.05) is 37.7 Å². The normalized spacial score (nSPS) is 18.8. The number of nitrogens with one attached hydrogen (secondary N) is 1. The van der Waals surface area contributed by atoms with Crippen LogP contribution in [0.1, 0.15) is 36.0 Å². The number of amides is 2. The third-order valence-corrected chi connectivity index (χ3v) is 5.05. The van der Waals surface area contributed by atoms with Crippen molar-refractivity contribution in [3.05, 3.63) is 35.4 Å². The quantitative estimate of drug-likeness (QED) is 0.812. The first-order valence-electron chi connectivity index (χ1n) is 8.73. The zero-order valence-electron chi connectivity index (χ0n) is 14.4. The second kappa shape index (κ2) is 8.77. The fourth-order valence-electron chi connectivity index (χ4n) is 3.23. The molecule has 1 saturated carbocycles. The maximum atomic E-state index is 13.7. The smallest absolute Gasteiger partial charge is 0.256 e. The molecule has 1 saturated heterocycles. The van der Waals surface area contributed by atoms with E-state index >= 15 is 0 Å². The van der Waals surface area contributed by atoms with Crippen LogP contribution >= 0.6 is 12.4 Å². The minimum atomic E-state index is -0.862. The molecular weight excluding hydrogens is 364 g/mol. The standard InChI is InChI=1S/C18H23F2N3O2.ClH/c19-13-3-4-14(15(20)9-13)18(25)23-7-5-12(6-8-23)17(24)22-10-16(21)11-1-2-11;/h3-4,9,11-12,16H,1-2,5-8,10,21H2,(H,22,24);1H. The highest BCUT2D eigenvalue weighted by Gasteiger charge is 2.31. The average Bonchev–Trinajstić information content (AvgIpc) is 3.44. The third-order valence-electron chi connectivity index (χ3n) is 5.05. The van der Waals surface area contributed by atoms with Gasteiger partial charge in [-0.15, -0.1) is 12.4 Å². The van der Waals surface area contributed by atoms with Gasteiger partial charge in [0.05, 0.1) is 5.56 Å². The Hall–Kier alpha value is -1.73. The Morgan fingerprint density at radius 2 is 1.85 bits per heavy atom. The van der Waals surface area contributed by atoms with Crippen molar-refractivity contribution >= 4 is 24.2 Å². The van der Waals surface area contributed by atoms with Gasteiger partial charge in [-0.3, -0.25) is 9.59 Å². The highest BCUT2D eigenvalue weighted by molar-refractivity contribution is 5.94. The molecule has 5 nitrogen and oxygen atoms in total. The number of benzene rings is 1. The number of halogens is 3. The molecule has 0 spiro atoms. The molecule has 3 N–H and O–H groups in total. The predicted octanol–water partition coefficient (Wildman–Crippen LogP) is 2.09. The molecule has 1 aliphatic carbocycles. The molecule has 2 fully saturated rings. The summed E-state index contributed by atoms with van der Waals surface area (Å²) in [4.78, 5) is 26.1. The zero-order valence-corrected chi connectivity index (χ0v) is 15.2. The summed E-state index contributed by atoms with van der Waals surface area (Å²) in [5, 5.41) is 2.90. The van der Waals surface area contributed by atoms with Crippen LogP contribution in [-0.4, -0.2) is 42.4 Å². The van der Waals surface area contributed by atoms with Gasteiger partial charge in [-0.1, -0.05) is 0 Å². The van der Waals surface area contributed by atoms with E-state index in [2.05, 4.69) is 5.32 Å². The molecule has 1 atom stereocenters. The van der Waals surface area contributed by atoms with E-state index in [-0.39, 0.29) is 35.8 Å². The molecule has 8 heteroatoms. The highest BCUT2D eigenvalue weighted by Crippen LogP contribution is 2.31. The van der Waals surface area contributed by atoms with Gasteiger partial charge in [-0.2, -0.15) is 0 Å². The van der Waals surface area contributed by atoms with Gasteiger partial charge in [0.1, 0.15) is 11.6 Å². The van der Waals surface area contributed by atoms with E-state index in [1.54, 1.807) is 0 Å². The molecule has 144 valence electrons. The number of carbonyl (C=O) groups excluding carboxylic acids is 2. The molecule has 1 unspecified atom stereocenters. The number of piperidine rings is 1. The number of nitrogens with zero attached hydrogens (tertiary/aromatic N) is 1. The Bertz CT molecular complexity index is 662. The van der Waals surface area contributed by atoms with Gasteiger partial charge in [-0.25, -0.2) is 8.78 Å². The summed E-state index contributed by atoms with van der Waals surface area (Å²) in [5.74, 6) is -1.70. The van der Waals surface area contributed by atoms with E-state index in [0.29, 0.717) is 44.5 Å². The molecular formula is C18H24ClF2N3O2. The maximum absolute atomic E-state index is 13.7. The van der Waals surface area contributed by atoms with Crippen LogP contribution in [0.3, 0.4) is 0 Å². The third kappa shape index (κ3) is 4.92. The summed E-state index contributed by atoms with van der Waals surface area (Å²) in [6.07, 6.45) is 3.33. The van der Waals surface area contributed by atoms with E-state index in [9.17, 15) is 18.4 Å². The van der Waals surface area contributed by atoms with E-state index < -0.39 is 17.5 Å². The molecule has 1 heterocycles. The molecule has 0 bridgehead atoms. The van der Waals surface area contributed by atoms with Gasteiger partial charge in [0.15, 0.2) is 0 Å². The van der Waals surface area contributed by atoms with Crippen molar-refractivity contribution in [2.24, 2.45) is 17.6 Å². The summed E-state index contributed by atoms with van der Waals surface area (Å²) in [7, 11) is 0. The summed E-state index contributed by atoms with van der Waals surface area (Å²) in [5.41, 5.74) is 5.84. The SMILES string of the molecule is Cl.NC(CNC(=O)C1CCN(C(=O)c2ccc(F)cc2F)CC1)C1CC1. The Labute approximate surface area is 157 Å². The van der Waals surface area contributed by atoms with Gasteiger partial charge >= 0.3 is 0 Å². The van der Waals surface area contributed by atoms with Gasteiger partial charge in [0.25, 0.3) is 5.91 Å². The molecule has 2 aliphatic rings. The lowest BCUT2D eigenvalue weighted by molar-refractivity contribution is -0.126. The van der Waals surface area contributed by atoms with Crippen LogP contribution in [0.25, 0.3) is 0 Å². The number of rotatable bonds is 5. The van der Waals surface area contributed by atoms with Crippen LogP contribution in [-0.2, 0) is 4.79 Å². The first-order valence-corrected chi connectivity index (χ1v) is 8.73. The first-order chi connectivity index (χ1) is 12.0. The summed E-state index contributed by atoms with van der Waals surface area (Å²) in [6, 6.07) is 2.95. The fourth-order valence-corrected chi connectivity index (χ4v) is 3.23. The van der Waals surface area contributed by atoms with E-state index in [4.69, 9.17) is 5.73 Å². The topological polar surface area (TPSA) is 75.4 Å². The minimum Gasteiger partial charge on any atom is -0.354 e. The van der Waals surface area contributed by atoms with Crippen molar-refractivity contribution < 1.29 is 18.4 Å². The van der Waals surface area contributed by atoms with Crippen LogP contribution in [0.15, 0.2) is 18.2 Å². The molecule has 0 aromatic heterocycles. The summed E-state index contributed by atoms with van der Waals surface area (Å²) >= 11 is 0. The lowest BCUT2D eigenvalue weighted by Gasteiger charge is -2.31. The molecule has 26 heavy (non-hydrogen) atoms. The lowest BCUT2D eigenvalue weighted by Crippen LogP contribution is -2.45. The van der Waals surface area contributed by atoms with Gasteiger partial charge < -0.3 is 16.0 Å². The van der Waals surface area contributed by atoms with Crippen LogP contribution in [0, 0.1) is 23.5 Å². The van der Waals surface area contributed by atoms with E-state index in [0.717, 1.165) is 25.0 Å². The van der Waals surface area contributed by atoms with Gasteiger partial charge in [0.2, 0.25) is 5.91 Å². The summed E-state index contributed by atoms with van der Waals surface area (Å²) < 4.78 is 26.7. The fraction of sp³-hybridized carbons (Fsp3) is 0.556. The molecule has 3 rings (SSSR count). The number of nitrogens with two attached hydrogens (primary N) is 1. The Morgan fingerprint density at radius 1 is 1.19 bits per heavy atom. The van der Waals surface area contributed by atoms with Crippen molar-refractivity contribution in [1.82, 2.24) is 10.2 Å². The van der Waals surface area contributed by atoms with Crippen molar-refractivity contribution in [2.75, 3.05) is 19.6 Å². The van der Waals surface area contributed by atoms with Crippen LogP contribution < -0.4 is 11.1 Å². The maximum Gasteiger partial charge on any atom is 0.256 e. The van der Waals surface area contributed by atoms with Crippen molar-refractivity contribution in [3.63, 3.8) is 0 Å². The number of likely N-dealkylation sites (tertiary alicyclic amines) is 1. The van der Waals surface area contributed by atoms with Crippen LogP contribution in [0.5, 0.6) is 0 Å². The summed E-state index contributed by atoms with van der Waals surface area (Å²) in [6.45, 7) is 1.24. The van der Waals surface area contributed by atoms with Crippen molar-refractivity contribution in [2.45, 2.75) is 31.7 Å². The van der Waals surface area contributed by atoms with Gasteiger partial charge in [-0.05, 0) is 43.7 Å². The van der Waals surface area contributed by atoms with Crippen LogP contribution in [0.4, 0.5) is 8.78 Å². The molecule has 2 amide bonds. The largest absolute Gasteiger partial charge is 0.354 e. The number of hydrogen-bond donors (Lipinski definition) is 2. The predicted molar refractivity (Wildman–Crippen MR) is 95.9 cm³/mol. The van der Waals surface area contributed by atoms with E-state index in [1.807, 2.05) is 0 Å². The lowest BCUT2D eigenvalue weighted by atomic mass is 9.95. The minimum absolute atomic E-state index is 0. The van der Waals surface area contributed by atoms with E-state index in [1.165, 1.54) is 4.90 Å². The molecule has 0 radical (unpaired) electrons. The monoisotopic (exact) mass is 387 g/mol.